The minimum atomic E-state index is -4.05. The molecule has 1 aliphatic rings. The Morgan fingerprint density at radius 3 is 2.10 bits per heavy atom. The zero-order chi connectivity index (χ0) is 34.9. The van der Waals surface area contributed by atoms with Crippen LogP contribution in [0.1, 0.15) is 48.2 Å². The number of nitrogens with zero attached hydrogens (tertiary/aromatic N) is 5. The van der Waals surface area contributed by atoms with Crippen molar-refractivity contribution in [2.45, 2.75) is 54.5 Å². The molecule has 5 rings (SSSR count). The number of carbonyl (C=O) groups excluding carboxylic acids is 1. The van der Waals surface area contributed by atoms with Gasteiger partial charge in [-0.2, -0.15) is 0 Å². The Balaban J connectivity index is 1.20. The third-order valence-electron chi connectivity index (χ3n) is 8.53. The molecule has 4 aromatic carbocycles. The average molecular weight is 717 g/mol. The van der Waals surface area contributed by atoms with Gasteiger partial charge in [-0.1, -0.05) is 56.3 Å². The van der Waals surface area contributed by atoms with Crippen LogP contribution >= 0.6 is 11.8 Å². The van der Waals surface area contributed by atoms with Gasteiger partial charge in [0.25, 0.3) is 15.9 Å². The molecule has 1 amide bonds. The van der Waals surface area contributed by atoms with Gasteiger partial charge in [0.15, 0.2) is 11.0 Å². The van der Waals surface area contributed by atoms with E-state index in [1.165, 1.54) is 17.0 Å². The number of hydrogen-bond acceptors (Lipinski definition) is 7. The smallest absolute Gasteiger partial charge is 0.264 e. The Labute approximate surface area is 295 Å². The predicted molar refractivity (Wildman–Crippen MR) is 196 cm³/mol. The molecule has 1 N–H and O–H groups in total. The van der Waals surface area contributed by atoms with Crippen molar-refractivity contribution in [3.05, 3.63) is 130 Å². The summed E-state index contributed by atoms with van der Waals surface area (Å²) in [6, 6.07) is 31.3. The van der Waals surface area contributed by atoms with Crippen LogP contribution in [0.15, 0.2) is 122 Å². The van der Waals surface area contributed by atoms with E-state index in [0.29, 0.717) is 29.0 Å². The summed E-state index contributed by atoms with van der Waals surface area (Å²) in [4.78, 5) is 21.5. The molecule has 10 nitrogen and oxygen atoms in total. The number of carbonyl (C=O) groups is 1. The van der Waals surface area contributed by atoms with E-state index in [1.807, 2.05) is 42.5 Å². The highest BCUT2D eigenvalue weighted by Gasteiger charge is 2.25. The van der Waals surface area contributed by atoms with Crippen molar-refractivity contribution >= 4 is 44.4 Å². The van der Waals surface area contributed by atoms with Crippen molar-refractivity contribution in [2.24, 2.45) is 9.93 Å². The fourth-order valence-electron chi connectivity index (χ4n) is 5.52. The maximum Gasteiger partial charge on any atom is 0.264 e. The van der Waals surface area contributed by atoms with E-state index < -0.39 is 26.9 Å². The molecule has 1 atom stereocenters. The summed E-state index contributed by atoms with van der Waals surface area (Å²) in [5.74, 6) is 0.438. The highest BCUT2D eigenvalue weighted by Crippen LogP contribution is 2.32. The lowest BCUT2D eigenvalue weighted by molar-refractivity contribution is 0.0983. The van der Waals surface area contributed by atoms with Gasteiger partial charge in [0.1, 0.15) is 0 Å². The molecule has 13 heteroatoms. The van der Waals surface area contributed by atoms with Crippen LogP contribution in [-0.2, 0) is 34.1 Å². The summed E-state index contributed by atoms with van der Waals surface area (Å²) in [6.45, 7) is 8.46. The number of thioether (sulfide) groups is 1. The van der Waals surface area contributed by atoms with Gasteiger partial charge < -0.3 is 4.90 Å². The summed E-state index contributed by atoms with van der Waals surface area (Å²) in [6.07, 6.45) is 2.25. The van der Waals surface area contributed by atoms with E-state index in [0.717, 1.165) is 55.0 Å². The lowest BCUT2D eigenvalue weighted by Gasteiger charge is -2.38. The minimum Gasteiger partial charge on any atom is -0.371 e. The maximum atomic E-state index is 13.1. The van der Waals surface area contributed by atoms with Gasteiger partial charge >= 0.3 is 0 Å². The van der Waals surface area contributed by atoms with Crippen LogP contribution in [0.4, 0.5) is 5.69 Å². The van der Waals surface area contributed by atoms with E-state index in [1.54, 1.807) is 48.2 Å². The maximum absolute atomic E-state index is 13.1. The standard InChI is InChI=1S/C36H40N6O4S3/c1-36(2)20-22-42(23-21-36)31-14-12-30(13-15-31)35(43)38-48(44)33-16-8-28(9-17-33)26-41(24-25-47-32-6-4-3-5-7-32)27-29-10-18-34(19-11-29)49(45,46)40-39-37/h3-19H,20-27H2,1-2H3,(H,38,43). The molecule has 0 bridgehead atoms. The molecule has 0 spiro atoms. The van der Waals surface area contributed by atoms with Gasteiger partial charge in [-0.3, -0.25) is 14.4 Å². The van der Waals surface area contributed by atoms with Crippen molar-refractivity contribution in [3.63, 3.8) is 0 Å². The Bertz CT molecular complexity index is 1890. The summed E-state index contributed by atoms with van der Waals surface area (Å²) in [5, 5.41) is 0. The number of benzene rings is 4. The number of nitrogens with one attached hydrogen (secondary N) is 1. The monoisotopic (exact) mass is 716 g/mol. The van der Waals surface area contributed by atoms with Crippen LogP contribution in [0.25, 0.3) is 10.4 Å². The fraction of sp³-hybridized carbons (Fsp3) is 0.306. The third kappa shape index (κ3) is 10.4. The van der Waals surface area contributed by atoms with Gasteiger partial charge in [-0.15, -0.1) is 11.8 Å². The molecule has 49 heavy (non-hydrogen) atoms. The summed E-state index contributed by atoms with van der Waals surface area (Å²) in [5.41, 5.74) is 12.4. The number of piperidine rings is 1. The quantitative estimate of drug-likeness (QED) is 0.0616. The minimum absolute atomic E-state index is 0.0606. The fourth-order valence-corrected chi connectivity index (χ4v) is 7.91. The zero-order valence-electron chi connectivity index (χ0n) is 27.6. The molecule has 0 saturated carbocycles. The van der Waals surface area contributed by atoms with Crippen LogP contribution in [0.3, 0.4) is 0 Å². The second-order valence-corrected chi connectivity index (χ2v) is 16.7. The zero-order valence-corrected chi connectivity index (χ0v) is 30.0. The Morgan fingerprint density at radius 1 is 0.918 bits per heavy atom. The molecule has 1 heterocycles. The second-order valence-electron chi connectivity index (χ2n) is 12.7. The first-order chi connectivity index (χ1) is 23.5. The van der Waals surface area contributed by atoms with Crippen molar-refractivity contribution < 1.29 is 17.4 Å². The highest BCUT2D eigenvalue weighted by atomic mass is 32.2. The van der Waals surface area contributed by atoms with E-state index in [9.17, 15) is 17.4 Å². The first-order valence-corrected chi connectivity index (χ1v) is 19.6. The number of amides is 1. The first-order valence-electron chi connectivity index (χ1n) is 16.0. The summed E-state index contributed by atoms with van der Waals surface area (Å²) < 4.78 is 42.8. The molecule has 256 valence electrons. The molecular weight excluding hydrogens is 677 g/mol. The van der Waals surface area contributed by atoms with Crippen molar-refractivity contribution in [1.82, 2.24) is 9.62 Å². The van der Waals surface area contributed by atoms with E-state index >= 15 is 0 Å². The van der Waals surface area contributed by atoms with Gasteiger partial charge in [0.05, 0.1) is 9.79 Å². The molecular formula is C36H40N6O4S3. The Morgan fingerprint density at radius 2 is 1.51 bits per heavy atom. The van der Waals surface area contributed by atoms with Crippen LogP contribution < -0.4 is 9.62 Å². The number of anilines is 1. The van der Waals surface area contributed by atoms with Crippen LogP contribution in [0.2, 0.25) is 0 Å². The van der Waals surface area contributed by atoms with Crippen LogP contribution in [-0.4, -0.2) is 48.8 Å². The van der Waals surface area contributed by atoms with E-state index in [4.69, 9.17) is 5.53 Å². The Kier molecular flexibility index (Phi) is 12.2. The van der Waals surface area contributed by atoms with Crippen LogP contribution in [0.5, 0.6) is 0 Å². The molecule has 1 fully saturated rings. The molecule has 1 unspecified atom stereocenters. The molecule has 1 aliphatic heterocycles. The van der Waals surface area contributed by atoms with Gasteiger partial charge in [0, 0.05) is 64.1 Å². The number of sulfonamides is 1. The van der Waals surface area contributed by atoms with Crippen molar-refractivity contribution in [3.8, 4) is 0 Å². The lowest BCUT2D eigenvalue weighted by Crippen LogP contribution is -2.37. The third-order valence-corrected chi connectivity index (χ3v) is 11.8. The highest BCUT2D eigenvalue weighted by molar-refractivity contribution is 7.99. The van der Waals surface area contributed by atoms with Crippen molar-refractivity contribution in [1.29, 1.82) is 0 Å². The van der Waals surface area contributed by atoms with Crippen LogP contribution in [0, 0.1) is 5.41 Å². The molecule has 0 aromatic heterocycles. The topological polar surface area (TPSA) is 136 Å². The van der Waals surface area contributed by atoms with Gasteiger partial charge in [0.2, 0.25) is 0 Å². The first kappa shape index (κ1) is 36.2. The molecule has 0 radical (unpaired) electrons. The van der Waals surface area contributed by atoms with E-state index in [2.05, 4.69) is 49.9 Å². The lowest BCUT2D eigenvalue weighted by atomic mass is 9.82. The molecule has 4 aromatic rings. The summed E-state index contributed by atoms with van der Waals surface area (Å²) >= 11 is 1.75. The molecule has 0 aliphatic carbocycles. The Hall–Kier alpha value is -4.13. The second kappa shape index (κ2) is 16.5. The largest absolute Gasteiger partial charge is 0.371 e. The number of hydrogen-bond donors (Lipinski definition) is 1. The SMILES string of the molecule is CC1(C)CCN(c2ccc(C(=O)NS(=O)c3ccc(CN(CCSc4ccccc4)Cc4ccc(S(=O)(=O)N=[N+]=[N-])cc4)cc3)cc2)CC1. The normalized spacial score (nSPS) is 15.0. The number of azide groups is 1. The summed E-state index contributed by atoms with van der Waals surface area (Å²) in [7, 11) is -5.78. The van der Waals surface area contributed by atoms with Crippen molar-refractivity contribution in [2.75, 3.05) is 30.3 Å². The average Bonchev–Trinajstić information content (AvgIpc) is 3.09. The molecule has 1 saturated heterocycles. The van der Waals surface area contributed by atoms with Gasteiger partial charge in [-0.05, 0) is 95.6 Å². The predicted octanol–water partition coefficient (Wildman–Crippen LogP) is 7.56. The van der Waals surface area contributed by atoms with E-state index in [-0.39, 0.29) is 4.90 Å². The van der Waals surface area contributed by atoms with Gasteiger partial charge in [-0.25, -0.2) is 12.6 Å². The number of rotatable bonds is 14.